The summed E-state index contributed by atoms with van der Waals surface area (Å²) in [5, 5.41) is 9.97. The van der Waals surface area contributed by atoms with Crippen LogP contribution in [-0.2, 0) is 0 Å². The Labute approximate surface area is 234 Å². The Bertz CT molecular complexity index is 1440. The van der Waals surface area contributed by atoms with Crippen LogP contribution in [-0.4, -0.2) is 25.8 Å². The van der Waals surface area contributed by atoms with Crippen LogP contribution in [0.1, 0.15) is 61.5 Å². The number of hydrogen-bond acceptors (Lipinski definition) is 8. The molecule has 1 atom stereocenters. The Morgan fingerprint density at radius 1 is 0.975 bits per heavy atom. The van der Waals surface area contributed by atoms with Gasteiger partial charge in [0.2, 0.25) is 5.88 Å². The van der Waals surface area contributed by atoms with Gasteiger partial charge in [0.25, 0.3) is 0 Å². The molecule has 0 spiro atoms. The van der Waals surface area contributed by atoms with Crippen molar-refractivity contribution in [2.45, 2.75) is 40.0 Å². The minimum atomic E-state index is -0.537. The number of carbonyl (C=O) groups excluding carboxylic acids is 1. The molecule has 0 fully saturated rings. The number of fused-ring (bicyclic) bond motifs is 1. The number of esters is 1. The van der Waals surface area contributed by atoms with Crippen molar-refractivity contribution in [1.82, 2.24) is 0 Å². The van der Waals surface area contributed by atoms with Gasteiger partial charge in [-0.3, -0.25) is 0 Å². The summed E-state index contributed by atoms with van der Waals surface area (Å²) in [5.41, 5.74) is 8.33. The summed E-state index contributed by atoms with van der Waals surface area (Å²) >= 11 is 0. The van der Waals surface area contributed by atoms with E-state index >= 15 is 0 Å². The molecular weight excluding hydrogens is 508 g/mol. The van der Waals surface area contributed by atoms with Gasteiger partial charge in [0.1, 0.15) is 28.9 Å². The van der Waals surface area contributed by atoms with E-state index in [4.69, 9.17) is 29.4 Å². The Hall–Kier alpha value is -4.64. The normalized spacial score (nSPS) is 14.2. The van der Waals surface area contributed by atoms with E-state index in [0.29, 0.717) is 59.9 Å². The molecule has 3 aromatic carbocycles. The Kier molecular flexibility index (Phi) is 9.18. The summed E-state index contributed by atoms with van der Waals surface area (Å²) < 4.78 is 28.8. The summed E-state index contributed by atoms with van der Waals surface area (Å²) in [7, 11) is 0. The molecule has 1 heterocycles. The first kappa shape index (κ1) is 28.4. The molecule has 40 heavy (non-hydrogen) atoms. The fourth-order valence-corrected chi connectivity index (χ4v) is 4.38. The first-order valence-corrected chi connectivity index (χ1v) is 13.4. The number of rotatable bonds is 11. The fourth-order valence-electron chi connectivity index (χ4n) is 4.38. The summed E-state index contributed by atoms with van der Waals surface area (Å²) in [6, 6.07) is 19.7. The van der Waals surface area contributed by atoms with Crippen LogP contribution in [0.3, 0.4) is 0 Å². The average molecular weight is 543 g/mol. The van der Waals surface area contributed by atoms with Gasteiger partial charge in [-0.25, -0.2) is 4.79 Å². The number of ether oxygens (including phenoxy) is 5. The first-order valence-electron chi connectivity index (χ1n) is 13.4. The molecule has 8 nitrogen and oxygen atoms in total. The summed E-state index contributed by atoms with van der Waals surface area (Å²) in [6.45, 7) is 9.59. The van der Waals surface area contributed by atoms with Crippen molar-refractivity contribution in [2.75, 3.05) is 19.8 Å². The highest BCUT2D eigenvalue weighted by atomic mass is 16.5. The van der Waals surface area contributed by atoms with Gasteiger partial charge in [0.05, 0.1) is 31.3 Å². The Morgan fingerprint density at radius 2 is 1.77 bits per heavy atom. The molecule has 1 aliphatic rings. The third-order valence-corrected chi connectivity index (χ3v) is 6.34. The number of carbonyl (C=O) groups is 1. The van der Waals surface area contributed by atoms with E-state index in [9.17, 15) is 10.1 Å². The van der Waals surface area contributed by atoms with Crippen molar-refractivity contribution in [2.24, 2.45) is 11.7 Å². The second-order valence-electron chi connectivity index (χ2n) is 9.64. The lowest BCUT2D eigenvalue weighted by Gasteiger charge is -2.27. The lowest BCUT2D eigenvalue weighted by atomic mass is 9.83. The largest absolute Gasteiger partial charge is 0.494 e. The Morgan fingerprint density at radius 3 is 2.50 bits per heavy atom. The van der Waals surface area contributed by atoms with Crippen LogP contribution in [0.2, 0.25) is 0 Å². The van der Waals surface area contributed by atoms with Crippen molar-refractivity contribution in [1.29, 1.82) is 5.26 Å². The molecule has 4 rings (SSSR count). The van der Waals surface area contributed by atoms with E-state index in [2.05, 4.69) is 19.9 Å². The SMILES string of the molecule is CCOc1cccc(C(=O)Oc2ccc3c(c2)OC(N)=C(C#N)C3c2ccc(OCCC(C)C)c(OCC)c2)c1. The second kappa shape index (κ2) is 12.9. The zero-order valence-corrected chi connectivity index (χ0v) is 23.2. The number of hydrogen-bond donors (Lipinski definition) is 1. The van der Waals surface area contributed by atoms with Gasteiger partial charge in [-0.05, 0) is 68.1 Å². The van der Waals surface area contributed by atoms with Gasteiger partial charge in [-0.1, -0.05) is 32.0 Å². The summed E-state index contributed by atoms with van der Waals surface area (Å²) in [6.07, 6.45) is 0.920. The molecule has 1 aliphatic heterocycles. The van der Waals surface area contributed by atoms with Gasteiger partial charge in [-0.15, -0.1) is 0 Å². The maximum atomic E-state index is 12.8. The van der Waals surface area contributed by atoms with E-state index in [0.717, 1.165) is 12.0 Å². The number of nitriles is 1. The first-order chi connectivity index (χ1) is 19.3. The number of benzene rings is 3. The topological polar surface area (TPSA) is 113 Å². The zero-order chi connectivity index (χ0) is 28.6. The third-order valence-electron chi connectivity index (χ3n) is 6.34. The van der Waals surface area contributed by atoms with E-state index in [1.54, 1.807) is 42.5 Å². The standard InChI is InChI=1S/C32H34N2O6/c1-5-36-23-9-7-8-22(16-23)32(35)39-24-11-12-25-28(18-24)40-31(34)26(19-33)30(25)21-10-13-27(29(17-21)37-6-2)38-15-14-20(3)4/h7-13,16-18,20,30H,5-6,14-15,34H2,1-4H3. The van der Waals surface area contributed by atoms with Gasteiger partial charge < -0.3 is 29.4 Å². The van der Waals surface area contributed by atoms with E-state index in [1.807, 2.05) is 32.0 Å². The van der Waals surface area contributed by atoms with Gasteiger partial charge in [0, 0.05) is 11.6 Å². The molecule has 0 saturated heterocycles. The highest BCUT2D eigenvalue weighted by molar-refractivity contribution is 5.91. The van der Waals surface area contributed by atoms with Crippen molar-refractivity contribution in [3.05, 3.63) is 88.8 Å². The summed E-state index contributed by atoms with van der Waals surface area (Å²) in [5.74, 6) is 1.95. The highest BCUT2D eigenvalue weighted by Gasteiger charge is 2.32. The smallest absolute Gasteiger partial charge is 0.343 e. The minimum absolute atomic E-state index is 0.0110. The predicted octanol–water partition coefficient (Wildman–Crippen LogP) is 6.35. The van der Waals surface area contributed by atoms with Gasteiger partial charge >= 0.3 is 5.97 Å². The second-order valence-corrected chi connectivity index (χ2v) is 9.64. The molecule has 0 saturated carbocycles. The average Bonchev–Trinajstić information content (AvgIpc) is 2.93. The van der Waals surface area contributed by atoms with Crippen LogP contribution >= 0.6 is 0 Å². The molecule has 1 unspecified atom stereocenters. The van der Waals surface area contributed by atoms with Gasteiger partial charge in [0.15, 0.2) is 11.5 Å². The van der Waals surface area contributed by atoms with Crippen LogP contribution in [0, 0.1) is 17.2 Å². The van der Waals surface area contributed by atoms with Crippen LogP contribution in [0.5, 0.6) is 28.7 Å². The van der Waals surface area contributed by atoms with Crippen LogP contribution in [0.4, 0.5) is 0 Å². The molecule has 0 amide bonds. The minimum Gasteiger partial charge on any atom is -0.494 e. The fraction of sp³-hybridized carbons (Fsp3) is 0.312. The molecule has 0 radical (unpaired) electrons. The van der Waals surface area contributed by atoms with Crippen LogP contribution in [0.15, 0.2) is 72.1 Å². The van der Waals surface area contributed by atoms with E-state index in [-0.39, 0.29) is 17.2 Å². The van der Waals surface area contributed by atoms with Crippen molar-refractivity contribution >= 4 is 5.97 Å². The molecule has 208 valence electrons. The Balaban J connectivity index is 1.64. The zero-order valence-electron chi connectivity index (χ0n) is 23.2. The molecule has 0 aromatic heterocycles. The molecule has 2 N–H and O–H groups in total. The van der Waals surface area contributed by atoms with E-state index in [1.165, 1.54) is 0 Å². The molecule has 0 aliphatic carbocycles. The monoisotopic (exact) mass is 542 g/mol. The van der Waals surface area contributed by atoms with E-state index < -0.39 is 11.9 Å². The quantitative estimate of drug-likeness (QED) is 0.220. The van der Waals surface area contributed by atoms with Crippen molar-refractivity contribution in [3.8, 4) is 34.8 Å². The lowest BCUT2D eigenvalue weighted by molar-refractivity contribution is 0.0734. The maximum absolute atomic E-state index is 12.8. The third kappa shape index (κ3) is 6.49. The van der Waals surface area contributed by atoms with Crippen LogP contribution < -0.4 is 29.4 Å². The lowest BCUT2D eigenvalue weighted by Crippen LogP contribution is -2.21. The van der Waals surface area contributed by atoms with Crippen LogP contribution in [0.25, 0.3) is 0 Å². The number of allylic oxidation sites excluding steroid dienone is 1. The highest BCUT2D eigenvalue weighted by Crippen LogP contribution is 2.45. The van der Waals surface area contributed by atoms with Crippen molar-refractivity contribution in [3.63, 3.8) is 0 Å². The van der Waals surface area contributed by atoms with Gasteiger partial charge in [-0.2, -0.15) is 5.26 Å². The molecule has 0 bridgehead atoms. The number of nitrogens with two attached hydrogens (primary N) is 1. The molecule has 3 aromatic rings. The summed E-state index contributed by atoms with van der Waals surface area (Å²) in [4.78, 5) is 12.8. The number of nitrogens with zero attached hydrogens (tertiary/aromatic N) is 1. The predicted molar refractivity (Wildman–Crippen MR) is 151 cm³/mol. The van der Waals surface area contributed by atoms with Crippen molar-refractivity contribution < 1.29 is 28.5 Å². The molecule has 8 heteroatoms. The maximum Gasteiger partial charge on any atom is 0.343 e. The molecular formula is C32H34N2O6.